The molecule has 1 rings (SSSR count). The molecule has 0 aliphatic carbocycles. The van der Waals surface area contributed by atoms with Crippen molar-refractivity contribution in [3.8, 4) is 11.5 Å². The van der Waals surface area contributed by atoms with Crippen LogP contribution in [0.3, 0.4) is 0 Å². The quantitative estimate of drug-likeness (QED) is 0.733. The SMILES string of the molecule is CCNc1cc(OCC(C)C)ccc1O. The van der Waals surface area contributed by atoms with E-state index in [-0.39, 0.29) is 5.75 Å². The molecule has 3 nitrogen and oxygen atoms in total. The number of phenolic OH excluding ortho intramolecular Hbond substituents is 1. The molecule has 0 amide bonds. The van der Waals surface area contributed by atoms with E-state index >= 15 is 0 Å². The summed E-state index contributed by atoms with van der Waals surface area (Å²) in [7, 11) is 0. The first-order valence-corrected chi connectivity index (χ1v) is 5.33. The molecule has 0 atom stereocenters. The Kier molecular flexibility index (Phi) is 4.28. The predicted octanol–water partition coefficient (Wildman–Crippen LogP) is 2.86. The second kappa shape index (κ2) is 5.49. The lowest BCUT2D eigenvalue weighted by Gasteiger charge is -2.11. The van der Waals surface area contributed by atoms with Crippen molar-refractivity contribution < 1.29 is 9.84 Å². The van der Waals surface area contributed by atoms with Crippen LogP contribution in [0.1, 0.15) is 20.8 Å². The summed E-state index contributed by atoms with van der Waals surface area (Å²) in [5.41, 5.74) is 0.721. The summed E-state index contributed by atoms with van der Waals surface area (Å²) >= 11 is 0. The highest BCUT2D eigenvalue weighted by molar-refractivity contribution is 5.58. The van der Waals surface area contributed by atoms with Gasteiger partial charge in [-0.2, -0.15) is 0 Å². The molecule has 0 aromatic heterocycles. The summed E-state index contributed by atoms with van der Waals surface area (Å²) in [6.07, 6.45) is 0. The van der Waals surface area contributed by atoms with E-state index in [4.69, 9.17) is 4.74 Å². The number of rotatable bonds is 5. The summed E-state index contributed by atoms with van der Waals surface area (Å²) in [5, 5.41) is 12.6. The van der Waals surface area contributed by atoms with Gasteiger partial charge < -0.3 is 15.2 Å². The molecular weight excluding hydrogens is 190 g/mol. The molecule has 0 saturated carbocycles. The highest BCUT2D eigenvalue weighted by Crippen LogP contribution is 2.27. The number of hydrogen-bond donors (Lipinski definition) is 2. The van der Waals surface area contributed by atoms with Crippen LogP contribution in [-0.2, 0) is 0 Å². The maximum absolute atomic E-state index is 9.53. The lowest BCUT2D eigenvalue weighted by atomic mass is 10.2. The molecule has 0 aliphatic heterocycles. The second-order valence-electron chi connectivity index (χ2n) is 3.91. The highest BCUT2D eigenvalue weighted by atomic mass is 16.5. The van der Waals surface area contributed by atoms with Crippen molar-refractivity contribution in [1.29, 1.82) is 0 Å². The van der Waals surface area contributed by atoms with E-state index in [2.05, 4.69) is 19.2 Å². The summed E-state index contributed by atoms with van der Waals surface area (Å²) in [6, 6.07) is 5.24. The average molecular weight is 209 g/mol. The molecule has 0 unspecified atom stereocenters. The van der Waals surface area contributed by atoms with Gasteiger partial charge in [-0.15, -0.1) is 0 Å². The van der Waals surface area contributed by atoms with Crippen LogP contribution in [0.15, 0.2) is 18.2 Å². The molecule has 1 aromatic carbocycles. The summed E-state index contributed by atoms with van der Waals surface area (Å²) < 4.78 is 5.56. The van der Waals surface area contributed by atoms with E-state index < -0.39 is 0 Å². The average Bonchev–Trinajstić information content (AvgIpc) is 2.19. The monoisotopic (exact) mass is 209 g/mol. The largest absolute Gasteiger partial charge is 0.506 e. The van der Waals surface area contributed by atoms with Gasteiger partial charge in [0.1, 0.15) is 11.5 Å². The van der Waals surface area contributed by atoms with E-state index in [0.29, 0.717) is 12.5 Å². The fourth-order valence-corrected chi connectivity index (χ4v) is 1.20. The van der Waals surface area contributed by atoms with Crippen molar-refractivity contribution >= 4 is 5.69 Å². The van der Waals surface area contributed by atoms with Gasteiger partial charge in [-0.1, -0.05) is 13.8 Å². The van der Waals surface area contributed by atoms with Gasteiger partial charge in [0.25, 0.3) is 0 Å². The zero-order valence-electron chi connectivity index (χ0n) is 9.58. The third-order valence-corrected chi connectivity index (χ3v) is 1.92. The first kappa shape index (κ1) is 11.7. The summed E-state index contributed by atoms with van der Waals surface area (Å²) in [6.45, 7) is 7.66. The molecule has 0 spiro atoms. The minimum atomic E-state index is 0.258. The molecule has 0 fully saturated rings. The van der Waals surface area contributed by atoms with E-state index in [1.54, 1.807) is 12.1 Å². The molecule has 84 valence electrons. The van der Waals surface area contributed by atoms with Gasteiger partial charge in [0, 0.05) is 12.6 Å². The third kappa shape index (κ3) is 3.70. The first-order chi connectivity index (χ1) is 7.13. The molecule has 15 heavy (non-hydrogen) atoms. The van der Waals surface area contributed by atoms with Crippen LogP contribution in [0.5, 0.6) is 11.5 Å². The standard InChI is InChI=1S/C12H19NO2/c1-4-13-11-7-10(5-6-12(11)14)15-8-9(2)3/h5-7,9,13-14H,4,8H2,1-3H3. The third-order valence-electron chi connectivity index (χ3n) is 1.92. The van der Waals surface area contributed by atoms with Crippen molar-refractivity contribution in [3.05, 3.63) is 18.2 Å². The molecule has 3 heteroatoms. The smallest absolute Gasteiger partial charge is 0.138 e. The Morgan fingerprint density at radius 1 is 1.40 bits per heavy atom. The Morgan fingerprint density at radius 3 is 2.73 bits per heavy atom. The van der Waals surface area contributed by atoms with Crippen LogP contribution in [0, 0.1) is 5.92 Å². The summed E-state index contributed by atoms with van der Waals surface area (Å²) in [4.78, 5) is 0. The van der Waals surface area contributed by atoms with Crippen LogP contribution in [-0.4, -0.2) is 18.3 Å². The van der Waals surface area contributed by atoms with Crippen LogP contribution in [0.4, 0.5) is 5.69 Å². The predicted molar refractivity (Wildman–Crippen MR) is 62.6 cm³/mol. The van der Waals surface area contributed by atoms with Crippen LogP contribution < -0.4 is 10.1 Å². The zero-order chi connectivity index (χ0) is 11.3. The lowest BCUT2D eigenvalue weighted by Crippen LogP contribution is -2.05. The van der Waals surface area contributed by atoms with Gasteiger partial charge in [0.05, 0.1) is 12.3 Å². The topological polar surface area (TPSA) is 41.5 Å². The number of phenols is 1. The maximum atomic E-state index is 9.53. The fraction of sp³-hybridized carbons (Fsp3) is 0.500. The van der Waals surface area contributed by atoms with Crippen LogP contribution in [0.2, 0.25) is 0 Å². The van der Waals surface area contributed by atoms with Gasteiger partial charge in [-0.05, 0) is 25.0 Å². The first-order valence-electron chi connectivity index (χ1n) is 5.33. The second-order valence-corrected chi connectivity index (χ2v) is 3.91. The van der Waals surface area contributed by atoms with Gasteiger partial charge in [0.15, 0.2) is 0 Å². The molecule has 0 heterocycles. The lowest BCUT2D eigenvalue weighted by molar-refractivity contribution is 0.271. The Hall–Kier alpha value is -1.38. The molecule has 0 aliphatic rings. The maximum Gasteiger partial charge on any atom is 0.138 e. The Labute approximate surface area is 91.1 Å². The minimum absolute atomic E-state index is 0.258. The minimum Gasteiger partial charge on any atom is -0.506 e. The van der Waals surface area contributed by atoms with E-state index in [1.165, 1.54) is 0 Å². The van der Waals surface area contributed by atoms with Crippen LogP contribution in [0.25, 0.3) is 0 Å². The molecule has 1 aromatic rings. The molecule has 2 N–H and O–H groups in total. The number of benzene rings is 1. The van der Waals surface area contributed by atoms with Crippen LogP contribution >= 0.6 is 0 Å². The number of nitrogens with one attached hydrogen (secondary N) is 1. The molecule has 0 radical (unpaired) electrons. The van der Waals surface area contributed by atoms with Crippen molar-refractivity contribution in [2.45, 2.75) is 20.8 Å². The van der Waals surface area contributed by atoms with Crippen molar-refractivity contribution in [2.24, 2.45) is 5.92 Å². The van der Waals surface area contributed by atoms with Crippen molar-refractivity contribution in [2.75, 3.05) is 18.5 Å². The van der Waals surface area contributed by atoms with Crippen molar-refractivity contribution in [1.82, 2.24) is 0 Å². The van der Waals surface area contributed by atoms with Gasteiger partial charge in [-0.3, -0.25) is 0 Å². The van der Waals surface area contributed by atoms with E-state index in [1.807, 2.05) is 13.0 Å². The summed E-state index contributed by atoms with van der Waals surface area (Å²) in [5.74, 6) is 1.55. The van der Waals surface area contributed by atoms with E-state index in [0.717, 1.165) is 18.0 Å². The number of ether oxygens (including phenoxy) is 1. The van der Waals surface area contributed by atoms with Gasteiger partial charge in [-0.25, -0.2) is 0 Å². The molecule has 0 bridgehead atoms. The highest BCUT2D eigenvalue weighted by Gasteiger charge is 2.03. The van der Waals surface area contributed by atoms with E-state index in [9.17, 15) is 5.11 Å². The number of hydrogen-bond acceptors (Lipinski definition) is 3. The molecular formula is C12H19NO2. The Bertz CT molecular complexity index is 310. The number of anilines is 1. The van der Waals surface area contributed by atoms with Gasteiger partial charge >= 0.3 is 0 Å². The number of aromatic hydroxyl groups is 1. The van der Waals surface area contributed by atoms with Gasteiger partial charge in [0.2, 0.25) is 0 Å². The molecule has 0 saturated heterocycles. The fourth-order valence-electron chi connectivity index (χ4n) is 1.20. The Balaban J connectivity index is 2.69. The Morgan fingerprint density at radius 2 is 2.13 bits per heavy atom. The van der Waals surface area contributed by atoms with Crippen molar-refractivity contribution in [3.63, 3.8) is 0 Å². The normalized spacial score (nSPS) is 10.4. The zero-order valence-corrected chi connectivity index (χ0v) is 9.58.